The largest absolute Gasteiger partial charge is 0.508 e. The number of hydrogen-bond donors (Lipinski definition) is 2. The van der Waals surface area contributed by atoms with Gasteiger partial charge in [0, 0.05) is 0 Å². The van der Waals surface area contributed by atoms with Crippen molar-refractivity contribution in [3.8, 4) is 34.5 Å². The predicted octanol–water partition coefficient (Wildman–Crippen LogP) is 10.0. The molecule has 0 radical (unpaired) electrons. The molecule has 0 saturated heterocycles. The lowest BCUT2D eigenvalue weighted by molar-refractivity contribution is 0.474. The van der Waals surface area contributed by atoms with Crippen molar-refractivity contribution in [1.82, 2.24) is 0 Å². The summed E-state index contributed by atoms with van der Waals surface area (Å²) in [5.41, 5.74) is 7.36. The van der Waals surface area contributed by atoms with Crippen LogP contribution in [-0.2, 0) is 38.5 Å². The van der Waals surface area contributed by atoms with Crippen molar-refractivity contribution in [2.45, 2.75) is 38.5 Å². The second-order valence-electron chi connectivity index (χ2n) is 11.6. The maximum atomic E-state index is 9.49. The molecule has 2 N–H and O–H groups in total. The van der Waals surface area contributed by atoms with Crippen LogP contribution in [0, 0.1) is 0 Å². The summed E-state index contributed by atoms with van der Waals surface area (Å²) in [7, 11) is 0. The summed E-state index contributed by atoms with van der Waals surface area (Å²) in [6.45, 7) is 0. The van der Waals surface area contributed by atoms with Crippen molar-refractivity contribution in [3.05, 3.63) is 179 Å². The second kappa shape index (κ2) is 15.0. The van der Waals surface area contributed by atoms with Gasteiger partial charge in [-0.3, -0.25) is 0 Å². The first kappa shape index (κ1) is 30.5. The van der Waals surface area contributed by atoms with Crippen molar-refractivity contribution < 1.29 is 19.7 Å². The highest BCUT2D eigenvalue weighted by molar-refractivity contribution is 5.38. The first-order valence-electron chi connectivity index (χ1n) is 15.8. The van der Waals surface area contributed by atoms with E-state index >= 15 is 0 Å². The van der Waals surface area contributed by atoms with Gasteiger partial charge in [-0.05, 0) is 145 Å². The topological polar surface area (TPSA) is 58.9 Å². The summed E-state index contributed by atoms with van der Waals surface area (Å²) in [6, 6.07) is 47.9. The lowest BCUT2D eigenvalue weighted by atomic mass is 10.0. The number of benzene rings is 6. The number of aromatic hydroxyl groups is 2. The smallest absolute Gasteiger partial charge is 0.127 e. The first-order chi connectivity index (χ1) is 22.5. The van der Waals surface area contributed by atoms with E-state index in [2.05, 4.69) is 48.5 Å². The third-order valence-electron chi connectivity index (χ3n) is 8.09. The summed E-state index contributed by atoms with van der Waals surface area (Å²) in [5, 5.41) is 19.0. The number of aryl methyl sites for hydroxylation is 6. The Bertz CT molecular complexity index is 1690. The molecule has 0 aliphatic heterocycles. The number of hydrogen-bond acceptors (Lipinski definition) is 4. The molecule has 46 heavy (non-hydrogen) atoms. The zero-order chi connectivity index (χ0) is 31.6. The lowest BCUT2D eigenvalue weighted by Gasteiger charge is -2.10. The van der Waals surface area contributed by atoms with Crippen LogP contribution in [0.25, 0.3) is 0 Å². The van der Waals surface area contributed by atoms with Crippen LogP contribution in [0.4, 0.5) is 0 Å². The van der Waals surface area contributed by atoms with E-state index in [4.69, 9.17) is 9.47 Å². The van der Waals surface area contributed by atoms with Gasteiger partial charge < -0.3 is 19.7 Å². The molecule has 0 aliphatic carbocycles. The minimum absolute atomic E-state index is 0.294. The Morgan fingerprint density at radius 1 is 0.304 bits per heavy atom. The van der Waals surface area contributed by atoms with Crippen LogP contribution in [0.5, 0.6) is 34.5 Å². The van der Waals surface area contributed by atoms with Crippen molar-refractivity contribution in [2.24, 2.45) is 0 Å². The van der Waals surface area contributed by atoms with Gasteiger partial charge in [-0.2, -0.15) is 0 Å². The highest BCUT2D eigenvalue weighted by atomic mass is 16.5. The van der Waals surface area contributed by atoms with E-state index in [1.54, 1.807) is 24.3 Å². The zero-order valence-electron chi connectivity index (χ0n) is 25.8. The van der Waals surface area contributed by atoms with Crippen molar-refractivity contribution in [3.63, 3.8) is 0 Å². The summed E-state index contributed by atoms with van der Waals surface area (Å²) < 4.78 is 12.3. The summed E-state index contributed by atoms with van der Waals surface area (Å²) >= 11 is 0. The van der Waals surface area contributed by atoms with Crippen molar-refractivity contribution in [1.29, 1.82) is 0 Å². The van der Waals surface area contributed by atoms with Gasteiger partial charge in [0.1, 0.15) is 34.5 Å². The van der Waals surface area contributed by atoms with Gasteiger partial charge in [0.15, 0.2) is 0 Å². The fourth-order valence-corrected chi connectivity index (χ4v) is 5.44. The summed E-state index contributed by atoms with van der Waals surface area (Å²) in [5.74, 6) is 3.90. The molecule has 0 aliphatic rings. The van der Waals surface area contributed by atoms with Gasteiger partial charge in [-0.1, -0.05) is 72.8 Å². The molecule has 4 nitrogen and oxygen atoms in total. The molecule has 0 unspecified atom stereocenters. The molecule has 0 aromatic heterocycles. The maximum Gasteiger partial charge on any atom is 0.127 e. The fourth-order valence-electron chi connectivity index (χ4n) is 5.44. The van der Waals surface area contributed by atoms with Crippen LogP contribution in [0.1, 0.15) is 33.4 Å². The van der Waals surface area contributed by atoms with Crippen LogP contribution in [-0.4, -0.2) is 10.2 Å². The zero-order valence-corrected chi connectivity index (χ0v) is 25.8. The standard InChI is InChI=1S/C42H38O4/c43-37-21-13-31(14-22-37)9-11-35-3-1-5-41(29-35)45-39-25-17-33(18-26-39)7-8-34-19-27-40(28-20-34)46-42-6-2-4-36(30-42)12-10-32-15-23-38(44)24-16-32/h1-6,13-30,43-44H,7-12H2. The number of phenolic OH excluding ortho intramolecular Hbond substituents is 2. The van der Waals surface area contributed by atoms with E-state index in [0.29, 0.717) is 11.5 Å². The number of phenols is 2. The molecule has 0 fully saturated rings. The molecule has 230 valence electrons. The van der Waals surface area contributed by atoms with Gasteiger partial charge in [0.2, 0.25) is 0 Å². The minimum atomic E-state index is 0.294. The van der Waals surface area contributed by atoms with Crippen LogP contribution in [0.2, 0.25) is 0 Å². The Balaban J connectivity index is 0.961. The Kier molecular flexibility index (Phi) is 9.96. The average Bonchev–Trinajstić information content (AvgIpc) is 3.08. The third kappa shape index (κ3) is 9.02. The minimum Gasteiger partial charge on any atom is -0.508 e. The Labute approximate surface area is 271 Å². The van der Waals surface area contributed by atoms with Gasteiger partial charge in [-0.25, -0.2) is 0 Å². The summed E-state index contributed by atoms with van der Waals surface area (Å²) in [6.07, 6.45) is 5.51. The van der Waals surface area contributed by atoms with Crippen molar-refractivity contribution in [2.75, 3.05) is 0 Å². The van der Waals surface area contributed by atoms with E-state index in [1.807, 2.05) is 72.8 Å². The maximum absolute atomic E-state index is 9.49. The van der Waals surface area contributed by atoms with Crippen LogP contribution in [0.15, 0.2) is 146 Å². The quantitative estimate of drug-likeness (QED) is 0.137. The SMILES string of the molecule is Oc1ccc(CCc2cccc(Oc3ccc(CCc4ccc(Oc5cccc(CCc6ccc(O)cc6)c5)cc4)cc3)c2)cc1. The molecule has 0 amide bonds. The van der Waals surface area contributed by atoms with E-state index in [1.165, 1.54) is 33.4 Å². The molecule has 0 atom stereocenters. The van der Waals surface area contributed by atoms with Crippen LogP contribution in [0.3, 0.4) is 0 Å². The normalized spacial score (nSPS) is 10.9. The molecule has 0 saturated carbocycles. The molecule has 6 aromatic carbocycles. The summed E-state index contributed by atoms with van der Waals surface area (Å²) in [4.78, 5) is 0. The average molecular weight is 607 g/mol. The highest BCUT2D eigenvalue weighted by Crippen LogP contribution is 2.26. The number of ether oxygens (including phenoxy) is 2. The van der Waals surface area contributed by atoms with Crippen LogP contribution >= 0.6 is 0 Å². The molecule has 0 spiro atoms. The highest BCUT2D eigenvalue weighted by Gasteiger charge is 2.05. The fraction of sp³-hybridized carbons (Fsp3) is 0.143. The van der Waals surface area contributed by atoms with E-state index < -0.39 is 0 Å². The first-order valence-corrected chi connectivity index (χ1v) is 15.8. The van der Waals surface area contributed by atoms with E-state index in [0.717, 1.165) is 61.5 Å². The van der Waals surface area contributed by atoms with E-state index in [-0.39, 0.29) is 0 Å². The van der Waals surface area contributed by atoms with Gasteiger partial charge in [0.25, 0.3) is 0 Å². The Hall–Kier alpha value is -5.48. The second-order valence-corrected chi connectivity index (χ2v) is 11.6. The molecule has 6 rings (SSSR count). The monoisotopic (exact) mass is 606 g/mol. The van der Waals surface area contributed by atoms with E-state index in [9.17, 15) is 10.2 Å². The third-order valence-corrected chi connectivity index (χ3v) is 8.09. The van der Waals surface area contributed by atoms with Crippen LogP contribution < -0.4 is 9.47 Å². The predicted molar refractivity (Wildman–Crippen MR) is 184 cm³/mol. The number of rotatable bonds is 13. The van der Waals surface area contributed by atoms with Gasteiger partial charge >= 0.3 is 0 Å². The van der Waals surface area contributed by atoms with Gasteiger partial charge in [-0.15, -0.1) is 0 Å². The molecular formula is C42H38O4. The molecule has 4 heteroatoms. The Morgan fingerprint density at radius 2 is 0.609 bits per heavy atom. The molecule has 0 bridgehead atoms. The van der Waals surface area contributed by atoms with Gasteiger partial charge in [0.05, 0.1) is 0 Å². The molecular weight excluding hydrogens is 568 g/mol. The lowest BCUT2D eigenvalue weighted by Crippen LogP contribution is -1.94. The molecule has 0 heterocycles. The van der Waals surface area contributed by atoms with Crippen molar-refractivity contribution >= 4 is 0 Å². The Morgan fingerprint density at radius 3 is 0.957 bits per heavy atom. The molecule has 6 aromatic rings.